The van der Waals surface area contributed by atoms with Crippen LogP contribution in [-0.2, 0) is 10.8 Å². The van der Waals surface area contributed by atoms with Gasteiger partial charge >= 0.3 is 0 Å². The Balaban J connectivity index is 0.840. The molecular weight excluding hydrogens is 993 g/mol. The number of fused-ring (bicyclic) bond motifs is 4. The number of nitrogens with zero attached hydrogens (tertiary/aromatic N) is 4. The minimum Gasteiger partial charge on any atom is -0.310 e. The fourth-order valence-electron chi connectivity index (χ4n) is 12.7. The zero-order valence-electron chi connectivity index (χ0n) is 46.7. The summed E-state index contributed by atoms with van der Waals surface area (Å²) < 4.78 is 0. The third-order valence-electron chi connectivity index (χ3n) is 17.0. The zero-order valence-corrected chi connectivity index (χ0v) is 46.7. The summed E-state index contributed by atoms with van der Waals surface area (Å²) in [6, 6.07) is 111. The Morgan fingerprint density at radius 3 is 0.780 bits per heavy atom. The Hall–Kier alpha value is -10.2. The minimum absolute atomic E-state index is 0.264. The first kappa shape index (κ1) is 50.1. The van der Waals surface area contributed by atoms with E-state index >= 15 is 0 Å². The quantitative estimate of drug-likeness (QED) is 0.128. The molecule has 0 amide bonds. The van der Waals surface area contributed by atoms with Gasteiger partial charge in [0.05, 0.1) is 22.7 Å². The average Bonchev–Trinajstić information content (AvgIpc) is 2.38. The number of hydrogen-bond acceptors (Lipinski definition) is 4. The van der Waals surface area contributed by atoms with E-state index in [4.69, 9.17) is 0 Å². The first-order valence-electron chi connectivity index (χ1n) is 28.5. The molecule has 2 aliphatic heterocycles. The van der Waals surface area contributed by atoms with E-state index in [1.807, 2.05) is 0 Å². The molecule has 0 bridgehead atoms. The van der Waals surface area contributed by atoms with Crippen molar-refractivity contribution < 1.29 is 0 Å². The Bertz CT molecular complexity index is 3950. The molecule has 0 N–H and O–H groups in total. The van der Waals surface area contributed by atoms with Crippen LogP contribution in [0.4, 0.5) is 68.2 Å². The summed E-state index contributed by atoms with van der Waals surface area (Å²) in [4.78, 5) is 9.66. The highest BCUT2D eigenvalue weighted by Crippen LogP contribution is 2.55. The number of benzene rings is 12. The highest BCUT2D eigenvalue weighted by atomic mass is 15.2. The fraction of sp³-hybridized carbons (Fsp3) is 0.0769. The first-order chi connectivity index (χ1) is 40.2. The van der Waals surface area contributed by atoms with Crippen LogP contribution >= 0.6 is 0 Å². The molecule has 4 nitrogen and oxygen atoms in total. The van der Waals surface area contributed by atoms with E-state index in [9.17, 15) is 0 Å². The molecule has 0 aliphatic carbocycles. The van der Waals surface area contributed by atoms with Gasteiger partial charge in [-0.25, -0.2) is 0 Å². The molecule has 4 heteroatoms. The minimum atomic E-state index is -0.264. The van der Waals surface area contributed by atoms with Gasteiger partial charge in [0.25, 0.3) is 0 Å². The third-order valence-corrected chi connectivity index (χ3v) is 17.0. The molecular formula is C78H62N4. The van der Waals surface area contributed by atoms with Crippen molar-refractivity contribution in [2.45, 2.75) is 38.5 Å². The van der Waals surface area contributed by atoms with E-state index in [-0.39, 0.29) is 10.8 Å². The molecule has 0 saturated heterocycles. The monoisotopic (exact) mass is 1050 g/mol. The van der Waals surface area contributed by atoms with Crippen molar-refractivity contribution >= 4 is 68.2 Å². The van der Waals surface area contributed by atoms with E-state index in [0.29, 0.717) is 0 Å². The van der Waals surface area contributed by atoms with Crippen LogP contribution in [0.5, 0.6) is 0 Å². The summed E-state index contributed by atoms with van der Waals surface area (Å²) in [6.45, 7) is 9.46. The van der Waals surface area contributed by atoms with Gasteiger partial charge in [0.15, 0.2) is 0 Å². The highest BCUT2D eigenvalue weighted by molar-refractivity contribution is 5.91. The predicted molar refractivity (Wildman–Crippen MR) is 346 cm³/mol. The second-order valence-corrected chi connectivity index (χ2v) is 22.6. The lowest BCUT2D eigenvalue weighted by Crippen LogP contribution is -2.30. The van der Waals surface area contributed by atoms with Crippen LogP contribution in [0.15, 0.2) is 303 Å². The summed E-state index contributed by atoms with van der Waals surface area (Å²) in [5.74, 6) is 0. The van der Waals surface area contributed by atoms with Crippen LogP contribution in [0.1, 0.15) is 49.9 Å². The van der Waals surface area contributed by atoms with Crippen molar-refractivity contribution in [3.05, 3.63) is 326 Å². The van der Waals surface area contributed by atoms with E-state index in [1.54, 1.807) is 0 Å². The molecule has 0 unspecified atom stereocenters. The molecule has 394 valence electrons. The average molecular weight is 1060 g/mol. The van der Waals surface area contributed by atoms with Gasteiger partial charge in [-0.05, 0) is 177 Å². The normalized spacial score (nSPS) is 13.5. The van der Waals surface area contributed by atoms with Gasteiger partial charge < -0.3 is 19.6 Å². The standard InChI is InChI=1S/C78H62N4/c1-77(2)69-29-17-19-31-73(69)81(61-25-13-7-14-26-61)75-51-49-67(53-71(75)77)79(63-41-33-57(34-42-63)55-21-9-5-10-22-55)65-45-37-59(38-46-65)60-39-47-66(48-40-60)80(64-43-35-58(36-44-64)56-23-11-6-12-24-56)68-50-52-76-72(54-68)78(3,4)70-30-18-20-32-74(70)82(76)62-27-15-8-16-28-62/h5-54H,1-4H3. The maximum Gasteiger partial charge on any atom is 0.0504 e. The maximum absolute atomic E-state index is 2.42. The Labute approximate surface area is 482 Å². The maximum atomic E-state index is 2.42. The Morgan fingerprint density at radius 2 is 0.463 bits per heavy atom. The topological polar surface area (TPSA) is 13.0 Å². The van der Waals surface area contributed by atoms with Crippen LogP contribution in [0.3, 0.4) is 0 Å². The molecule has 82 heavy (non-hydrogen) atoms. The Kier molecular flexibility index (Phi) is 12.5. The van der Waals surface area contributed by atoms with Crippen molar-refractivity contribution in [3.8, 4) is 33.4 Å². The van der Waals surface area contributed by atoms with Gasteiger partial charge in [0, 0.05) is 56.3 Å². The second-order valence-electron chi connectivity index (χ2n) is 22.6. The largest absolute Gasteiger partial charge is 0.310 e. The zero-order chi connectivity index (χ0) is 55.4. The van der Waals surface area contributed by atoms with Crippen LogP contribution in [0.2, 0.25) is 0 Å². The smallest absolute Gasteiger partial charge is 0.0504 e. The van der Waals surface area contributed by atoms with Crippen LogP contribution in [0.25, 0.3) is 33.4 Å². The van der Waals surface area contributed by atoms with Crippen molar-refractivity contribution in [2.75, 3.05) is 19.6 Å². The van der Waals surface area contributed by atoms with Gasteiger partial charge in [-0.2, -0.15) is 0 Å². The lowest BCUT2D eigenvalue weighted by molar-refractivity contribution is 0.632. The summed E-state index contributed by atoms with van der Waals surface area (Å²) in [6.07, 6.45) is 0. The lowest BCUT2D eigenvalue weighted by Gasteiger charge is -2.42. The second kappa shape index (κ2) is 20.5. The van der Waals surface area contributed by atoms with Crippen molar-refractivity contribution in [3.63, 3.8) is 0 Å². The molecule has 0 atom stereocenters. The lowest BCUT2D eigenvalue weighted by atomic mass is 9.73. The molecule has 12 aromatic carbocycles. The van der Waals surface area contributed by atoms with Gasteiger partial charge in [0.2, 0.25) is 0 Å². The molecule has 2 heterocycles. The molecule has 2 aliphatic rings. The van der Waals surface area contributed by atoms with Crippen molar-refractivity contribution in [2.24, 2.45) is 0 Å². The first-order valence-corrected chi connectivity index (χ1v) is 28.5. The van der Waals surface area contributed by atoms with Gasteiger partial charge in [0.1, 0.15) is 0 Å². The predicted octanol–water partition coefficient (Wildman–Crippen LogP) is 21.8. The SMILES string of the molecule is CC1(C)c2ccccc2N(c2ccccc2)c2ccc(N(c3ccc(-c4ccccc4)cc3)c3ccc(-c4ccc(N(c5ccc(-c6ccccc6)cc5)c5ccc6c(c5)C(C)(C)c5ccccc5N6c5ccccc5)cc4)cc3)cc21. The summed E-state index contributed by atoms with van der Waals surface area (Å²) in [7, 11) is 0. The molecule has 14 rings (SSSR count). The summed E-state index contributed by atoms with van der Waals surface area (Å²) in [5, 5.41) is 0. The highest BCUT2D eigenvalue weighted by Gasteiger charge is 2.39. The molecule has 0 saturated carbocycles. The summed E-state index contributed by atoms with van der Waals surface area (Å²) >= 11 is 0. The number of hydrogen-bond donors (Lipinski definition) is 0. The van der Waals surface area contributed by atoms with E-state index in [0.717, 1.165) is 56.6 Å². The number of rotatable bonds is 11. The number of anilines is 12. The molecule has 0 radical (unpaired) electrons. The number of para-hydroxylation sites is 4. The Morgan fingerprint density at radius 1 is 0.220 bits per heavy atom. The third kappa shape index (κ3) is 8.81. The van der Waals surface area contributed by atoms with E-state index in [1.165, 1.54) is 67.3 Å². The van der Waals surface area contributed by atoms with Crippen LogP contribution < -0.4 is 19.6 Å². The van der Waals surface area contributed by atoms with Gasteiger partial charge in [-0.1, -0.05) is 210 Å². The van der Waals surface area contributed by atoms with Gasteiger partial charge in [-0.3, -0.25) is 0 Å². The fourth-order valence-corrected chi connectivity index (χ4v) is 12.7. The molecule has 0 aromatic heterocycles. The van der Waals surface area contributed by atoms with Gasteiger partial charge in [-0.15, -0.1) is 0 Å². The van der Waals surface area contributed by atoms with Crippen LogP contribution in [0, 0.1) is 0 Å². The van der Waals surface area contributed by atoms with Crippen molar-refractivity contribution in [1.82, 2.24) is 0 Å². The van der Waals surface area contributed by atoms with Crippen LogP contribution in [-0.4, -0.2) is 0 Å². The van der Waals surface area contributed by atoms with E-state index < -0.39 is 0 Å². The summed E-state index contributed by atoms with van der Waals surface area (Å²) in [5.41, 5.74) is 25.3. The molecule has 12 aromatic rings. The van der Waals surface area contributed by atoms with E-state index in [2.05, 4.69) is 351 Å². The molecule has 0 spiro atoms. The van der Waals surface area contributed by atoms with Crippen molar-refractivity contribution in [1.29, 1.82) is 0 Å². The molecule has 0 fully saturated rings.